The highest BCUT2D eigenvalue weighted by molar-refractivity contribution is 6.17. The van der Waals surface area contributed by atoms with Crippen molar-refractivity contribution in [3.8, 4) is 62.0 Å². The average molecular weight is 627 g/mol. The van der Waals surface area contributed by atoms with Crippen molar-refractivity contribution in [3.63, 3.8) is 0 Å². The lowest BCUT2D eigenvalue weighted by molar-refractivity contribution is 0.918. The van der Waals surface area contributed by atoms with Crippen LogP contribution in [0.4, 0.5) is 0 Å². The van der Waals surface area contributed by atoms with Crippen molar-refractivity contribution < 1.29 is 0 Å². The number of hydrogen-bond donors (Lipinski definition) is 0. The van der Waals surface area contributed by atoms with Crippen LogP contribution in [0, 0.1) is 0 Å². The van der Waals surface area contributed by atoms with Gasteiger partial charge in [-0.25, -0.2) is 14.6 Å². The van der Waals surface area contributed by atoms with Crippen molar-refractivity contribution in [1.29, 1.82) is 0 Å². The third-order valence-electron chi connectivity index (χ3n) is 9.02. The molecule has 0 spiro atoms. The number of fused-ring (bicyclic) bond motifs is 3. The Labute approximate surface area is 284 Å². The van der Waals surface area contributed by atoms with Gasteiger partial charge in [0.05, 0.1) is 22.6 Å². The number of hydrogen-bond acceptors (Lipinski definition) is 3. The predicted molar refractivity (Wildman–Crippen MR) is 201 cm³/mol. The van der Waals surface area contributed by atoms with E-state index in [1.54, 1.807) is 0 Å². The lowest BCUT2D eigenvalue weighted by Crippen LogP contribution is -1.97. The summed E-state index contributed by atoms with van der Waals surface area (Å²) in [5.74, 6) is 0.700. The molecule has 2 aromatic heterocycles. The Bertz CT molecular complexity index is 2520. The third kappa shape index (κ3) is 5.26. The normalized spacial score (nSPS) is 11.3. The highest BCUT2D eigenvalue weighted by Crippen LogP contribution is 2.42. The third-order valence-corrected chi connectivity index (χ3v) is 9.02. The fourth-order valence-corrected chi connectivity index (χ4v) is 6.68. The summed E-state index contributed by atoms with van der Waals surface area (Å²) in [5.41, 5.74) is 11.2. The second kappa shape index (κ2) is 12.2. The molecule has 0 fully saturated rings. The molecule has 0 radical (unpaired) electrons. The maximum absolute atomic E-state index is 5.33. The van der Waals surface area contributed by atoms with Gasteiger partial charge in [0.25, 0.3) is 0 Å². The standard InChI is InChI=1S/C45H30N4/c1-5-16-31(17-6-1)40-30-41(47-45(46-40)33-20-9-3-10-21-33)36-24-15-23-34(28-36)39-29-35-22-13-14-27-38(35)44-42(39)43(32-18-7-2-8-19-32)48-49(44)37-25-11-4-12-26-37/h1-30H. The molecule has 0 aliphatic carbocycles. The van der Waals surface area contributed by atoms with Gasteiger partial charge in [-0.05, 0) is 46.8 Å². The molecule has 9 rings (SSSR count). The van der Waals surface area contributed by atoms with Gasteiger partial charge in [0.2, 0.25) is 0 Å². The Morgan fingerprint density at radius 2 is 0.959 bits per heavy atom. The van der Waals surface area contributed by atoms with E-state index in [-0.39, 0.29) is 0 Å². The molecule has 0 unspecified atom stereocenters. The minimum Gasteiger partial charge on any atom is -0.232 e. The second-order valence-electron chi connectivity index (χ2n) is 12.1. The Balaban J connectivity index is 1.30. The first-order valence-corrected chi connectivity index (χ1v) is 16.5. The largest absolute Gasteiger partial charge is 0.232 e. The Kier molecular flexibility index (Phi) is 7.10. The fourth-order valence-electron chi connectivity index (χ4n) is 6.68. The van der Waals surface area contributed by atoms with E-state index in [1.807, 2.05) is 42.5 Å². The van der Waals surface area contributed by atoms with Gasteiger partial charge in [-0.2, -0.15) is 5.10 Å². The quantitative estimate of drug-likeness (QED) is 0.184. The molecule has 4 heteroatoms. The molecule has 0 aliphatic rings. The highest BCUT2D eigenvalue weighted by atomic mass is 15.3. The van der Waals surface area contributed by atoms with Crippen LogP contribution in [0.15, 0.2) is 182 Å². The van der Waals surface area contributed by atoms with Gasteiger partial charge in [-0.3, -0.25) is 0 Å². The Morgan fingerprint density at radius 3 is 1.67 bits per heavy atom. The number of benzene rings is 7. The predicted octanol–water partition coefficient (Wildman–Crippen LogP) is 11.3. The molecular formula is C45H30N4. The highest BCUT2D eigenvalue weighted by Gasteiger charge is 2.21. The van der Waals surface area contributed by atoms with E-state index in [4.69, 9.17) is 15.1 Å². The number of rotatable bonds is 6. The van der Waals surface area contributed by atoms with E-state index in [9.17, 15) is 0 Å². The van der Waals surface area contributed by atoms with Gasteiger partial charge in [-0.15, -0.1) is 0 Å². The van der Waals surface area contributed by atoms with Gasteiger partial charge >= 0.3 is 0 Å². The maximum atomic E-state index is 5.33. The molecule has 0 amide bonds. The molecule has 230 valence electrons. The Morgan fingerprint density at radius 1 is 0.408 bits per heavy atom. The molecular weight excluding hydrogens is 597 g/mol. The fraction of sp³-hybridized carbons (Fsp3) is 0. The molecule has 0 atom stereocenters. The van der Waals surface area contributed by atoms with Crippen LogP contribution >= 0.6 is 0 Å². The van der Waals surface area contributed by atoms with Crippen molar-refractivity contribution in [3.05, 3.63) is 182 Å². The smallest absolute Gasteiger partial charge is 0.160 e. The van der Waals surface area contributed by atoms with Crippen molar-refractivity contribution >= 4 is 21.7 Å². The molecule has 2 heterocycles. The Hall–Kier alpha value is -6.65. The lowest BCUT2D eigenvalue weighted by Gasteiger charge is -2.13. The zero-order chi connectivity index (χ0) is 32.6. The van der Waals surface area contributed by atoms with Crippen LogP contribution < -0.4 is 0 Å². The molecule has 9 aromatic rings. The minimum atomic E-state index is 0.700. The lowest BCUT2D eigenvalue weighted by atomic mass is 9.92. The van der Waals surface area contributed by atoms with Gasteiger partial charge in [0.1, 0.15) is 5.69 Å². The monoisotopic (exact) mass is 626 g/mol. The molecule has 4 nitrogen and oxygen atoms in total. The summed E-state index contributed by atoms with van der Waals surface area (Å²) in [7, 11) is 0. The van der Waals surface area contributed by atoms with Crippen LogP contribution in [-0.2, 0) is 0 Å². The molecule has 0 bridgehead atoms. The second-order valence-corrected chi connectivity index (χ2v) is 12.1. The zero-order valence-electron chi connectivity index (χ0n) is 26.6. The van der Waals surface area contributed by atoms with Gasteiger partial charge in [0.15, 0.2) is 5.82 Å². The molecule has 0 N–H and O–H groups in total. The number of aromatic nitrogens is 4. The van der Waals surface area contributed by atoms with E-state index in [1.165, 1.54) is 0 Å². The molecule has 0 aliphatic heterocycles. The van der Waals surface area contributed by atoms with Crippen LogP contribution in [0.25, 0.3) is 83.6 Å². The van der Waals surface area contributed by atoms with E-state index in [2.05, 4.69) is 144 Å². The number of para-hydroxylation sites is 1. The van der Waals surface area contributed by atoms with Crippen molar-refractivity contribution in [2.24, 2.45) is 0 Å². The van der Waals surface area contributed by atoms with Crippen LogP contribution in [0.2, 0.25) is 0 Å². The van der Waals surface area contributed by atoms with Crippen molar-refractivity contribution in [1.82, 2.24) is 19.7 Å². The van der Waals surface area contributed by atoms with Crippen LogP contribution in [-0.4, -0.2) is 19.7 Å². The SMILES string of the molecule is c1ccc(-c2cc(-c3cccc(-c4cc5ccccc5c5c4c(-c4ccccc4)nn5-c4ccccc4)c3)nc(-c3ccccc3)n2)cc1. The first-order chi connectivity index (χ1) is 24.3. The first kappa shape index (κ1) is 28.6. The van der Waals surface area contributed by atoms with Crippen LogP contribution in [0.3, 0.4) is 0 Å². The summed E-state index contributed by atoms with van der Waals surface area (Å²) in [6, 6.07) is 63.1. The topological polar surface area (TPSA) is 43.6 Å². The van der Waals surface area contributed by atoms with E-state index in [0.717, 1.165) is 77.8 Å². The van der Waals surface area contributed by atoms with Crippen LogP contribution in [0.5, 0.6) is 0 Å². The van der Waals surface area contributed by atoms with Crippen molar-refractivity contribution in [2.45, 2.75) is 0 Å². The summed E-state index contributed by atoms with van der Waals surface area (Å²) in [6.07, 6.45) is 0. The van der Waals surface area contributed by atoms with Gasteiger partial charge in [0, 0.05) is 33.0 Å². The summed E-state index contributed by atoms with van der Waals surface area (Å²) in [6.45, 7) is 0. The summed E-state index contributed by atoms with van der Waals surface area (Å²) in [5, 5.41) is 8.77. The maximum Gasteiger partial charge on any atom is 0.160 e. The molecule has 0 saturated carbocycles. The van der Waals surface area contributed by atoms with E-state index < -0.39 is 0 Å². The molecule has 7 aromatic carbocycles. The molecule has 49 heavy (non-hydrogen) atoms. The van der Waals surface area contributed by atoms with E-state index in [0.29, 0.717) is 5.82 Å². The minimum absolute atomic E-state index is 0.700. The first-order valence-electron chi connectivity index (χ1n) is 16.5. The van der Waals surface area contributed by atoms with Gasteiger partial charge < -0.3 is 0 Å². The van der Waals surface area contributed by atoms with Gasteiger partial charge in [-0.1, -0.05) is 152 Å². The summed E-state index contributed by atoms with van der Waals surface area (Å²) < 4.78 is 2.11. The number of nitrogens with zero attached hydrogens (tertiary/aromatic N) is 4. The molecule has 0 saturated heterocycles. The zero-order valence-corrected chi connectivity index (χ0v) is 26.6. The summed E-state index contributed by atoms with van der Waals surface area (Å²) >= 11 is 0. The van der Waals surface area contributed by atoms with Crippen LogP contribution in [0.1, 0.15) is 0 Å². The van der Waals surface area contributed by atoms with E-state index >= 15 is 0 Å². The summed E-state index contributed by atoms with van der Waals surface area (Å²) in [4.78, 5) is 10.1. The average Bonchev–Trinajstić information content (AvgIpc) is 3.60. The van der Waals surface area contributed by atoms with Crippen molar-refractivity contribution in [2.75, 3.05) is 0 Å².